The molecular formula is C15H20ClN3O2. The quantitative estimate of drug-likeness (QED) is 0.872. The molecule has 114 valence electrons. The summed E-state index contributed by atoms with van der Waals surface area (Å²) in [4.78, 5) is 25.7. The number of nitrogens with one attached hydrogen (secondary N) is 2. The molecule has 21 heavy (non-hydrogen) atoms. The Morgan fingerprint density at radius 3 is 2.62 bits per heavy atom. The average Bonchev–Trinajstić information content (AvgIpc) is 2.94. The molecule has 5 nitrogen and oxygen atoms in total. The number of para-hydroxylation sites is 1. The van der Waals surface area contributed by atoms with Gasteiger partial charge in [0.1, 0.15) is 0 Å². The van der Waals surface area contributed by atoms with Gasteiger partial charge in [0.05, 0.1) is 23.8 Å². The number of benzene rings is 1. The molecule has 0 atom stereocenters. The molecule has 0 spiro atoms. The van der Waals surface area contributed by atoms with Gasteiger partial charge in [-0.25, -0.2) is 0 Å². The molecule has 1 aromatic rings. The lowest BCUT2D eigenvalue weighted by molar-refractivity contribution is -0.124. The van der Waals surface area contributed by atoms with E-state index in [0.717, 1.165) is 31.5 Å². The predicted octanol–water partition coefficient (Wildman–Crippen LogP) is 1.80. The molecule has 1 aliphatic rings. The minimum atomic E-state index is -0.277. The maximum Gasteiger partial charge on any atom is 0.243 e. The van der Waals surface area contributed by atoms with Crippen LogP contribution in [0, 0.1) is 6.92 Å². The summed E-state index contributed by atoms with van der Waals surface area (Å²) in [5.41, 5.74) is 1.48. The number of nitrogens with zero attached hydrogens (tertiary/aromatic N) is 1. The summed E-state index contributed by atoms with van der Waals surface area (Å²) in [6.07, 6.45) is 2.28. The number of halogens is 1. The van der Waals surface area contributed by atoms with Crippen LogP contribution in [0.2, 0.25) is 5.02 Å². The van der Waals surface area contributed by atoms with E-state index in [-0.39, 0.29) is 18.4 Å². The Kier molecular flexibility index (Phi) is 5.59. The fraction of sp³-hybridized carbons (Fsp3) is 0.467. The van der Waals surface area contributed by atoms with Crippen molar-refractivity contribution in [2.75, 3.05) is 31.5 Å². The normalized spacial score (nSPS) is 15.0. The van der Waals surface area contributed by atoms with E-state index in [9.17, 15) is 9.59 Å². The van der Waals surface area contributed by atoms with Crippen molar-refractivity contribution >= 4 is 29.1 Å². The van der Waals surface area contributed by atoms with Crippen molar-refractivity contribution in [3.63, 3.8) is 0 Å². The van der Waals surface area contributed by atoms with Gasteiger partial charge in [-0.1, -0.05) is 23.7 Å². The second-order valence-corrected chi connectivity index (χ2v) is 5.65. The van der Waals surface area contributed by atoms with Crippen LogP contribution in [-0.2, 0) is 9.59 Å². The molecule has 0 unspecified atom stereocenters. The number of amides is 2. The summed E-state index contributed by atoms with van der Waals surface area (Å²) in [7, 11) is 0. The number of hydrogen-bond donors (Lipinski definition) is 2. The van der Waals surface area contributed by atoms with Gasteiger partial charge in [-0.2, -0.15) is 0 Å². The number of carbonyl (C=O) groups is 2. The van der Waals surface area contributed by atoms with Crippen LogP contribution in [0.4, 0.5) is 5.69 Å². The van der Waals surface area contributed by atoms with Crippen molar-refractivity contribution in [1.82, 2.24) is 10.2 Å². The van der Waals surface area contributed by atoms with Gasteiger partial charge < -0.3 is 10.6 Å². The highest BCUT2D eigenvalue weighted by molar-refractivity contribution is 6.33. The fourth-order valence-corrected chi connectivity index (χ4v) is 2.62. The van der Waals surface area contributed by atoms with Crippen molar-refractivity contribution in [1.29, 1.82) is 0 Å². The average molecular weight is 310 g/mol. The van der Waals surface area contributed by atoms with E-state index in [4.69, 9.17) is 11.6 Å². The molecule has 2 rings (SSSR count). The van der Waals surface area contributed by atoms with Crippen molar-refractivity contribution in [3.8, 4) is 0 Å². The van der Waals surface area contributed by atoms with Gasteiger partial charge in [0.2, 0.25) is 11.8 Å². The minimum absolute atomic E-state index is 0.0443. The first-order valence-electron chi connectivity index (χ1n) is 7.10. The van der Waals surface area contributed by atoms with Crippen LogP contribution in [0.3, 0.4) is 0 Å². The van der Waals surface area contributed by atoms with Gasteiger partial charge in [-0.05, 0) is 44.5 Å². The molecular weight excluding hydrogens is 290 g/mol. The molecule has 0 saturated carbocycles. The molecule has 1 aromatic carbocycles. The van der Waals surface area contributed by atoms with E-state index >= 15 is 0 Å². The number of rotatable bonds is 5. The van der Waals surface area contributed by atoms with E-state index in [1.807, 2.05) is 19.1 Å². The van der Waals surface area contributed by atoms with Crippen LogP contribution in [0.15, 0.2) is 18.2 Å². The van der Waals surface area contributed by atoms with Crippen molar-refractivity contribution in [2.24, 2.45) is 0 Å². The minimum Gasteiger partial charge on any atom is -0.346 e. The zero-order valence-electron chi connectivity index (χ0n) is 12.1. The Balaban J connectivity index is 1.78. The van der Waals surface area contributed by atoms with E-state index in [1.54, 1.807) is 6.07 Å². The Morgan fingerprint density at radius 1 is 1.24 bits per heavy atom. The van der Waals surface area contributed by atoms with Gasteiger partial charge in [-0.3, -0.25) is 14.5 Å². The van der Waals surface area contributed by atoms with Crippen LogP contribution in [0.25, 0.3) is 0 Å². The van der Waals surface area contributed by atoms with Crippen LogP contribution in [0.1, 0.15) is 18.4 Å². The number of likely N-dealkylation sites (tertiary alicyclic amines) is 1. The van der Waals surface area contributed by atoms with Crippen molar-refractivity contribution in [2.45, 2.75) is 19.8 Å². The van der Waals surface area contributed by atoms with Crippen LogP contribution in [-0.4, -0.2) is 42.9 Å². The first-order valence-corrected chi connectivity index (χ1v) is 7.48. The highest BCUT2D eigenvalue weighted by Crippen LogP contribution is 2.24. The lowest BCUT2D eigenvalue weighted by Gasteiger charge is -2.14. The molecule has 0 radical (unpaired) electrons. The van der Waals surface area contributed by atoms with Gasteiger partial charge in [0.15, 0.2) is 0 Å². The molecule has 0 bridgehead atoms. The van der Waals surface area contributed by atoms with Crippen molar-refractivity contribution in [3.05, 3.63) is 28.8 Å². The third-order valence-electron chi connectivity index (χ3n) is 3.50. The van der Waals surface area contributed by atoms with Crippen LogP contribution in [0.5, 0.6) is 0 Å². The standard InChI is InChI=1S/C15H20ClN3O2/c1-11-5-4-6-12(16)15(11)18-13(20)9-17-14(21)10-19-7-2-3-8-19/h4-6H,2-3,7-10H2,1H3,(H,17,21)(H,18,20). The van der Waals surface area contributed by atoms with Gasteiger partial charge in [0.25, 0.3) is 0 Å². The maximum atomic E-state index is 11.9. The summed E-state index contributed by atoms with van der Waals surface area (Å²) in [5, 5.41) is 5.85. The summed E-state index contributed by atoms with van der Waals surface area (Å²) in [6.45, 7) is 4.10. The summed E-state index contributed by atoms with van der Waals surface area (Å²) < 4.78 is 0. The second-order valence-electron chi connectivity index (χ2n) is 5.24. The van der Waals surface area contributed by atoms with Gasteiger partial charge in [0, 0.05) is 0 Å². The molecule has 2 N–H and O–H groups in total. The summed E-state index contributed by atoms with van der Waals surface area (Å²) in [5.74, 6) is -0.399. The Labute approximate surface area is 129 Å². The predicted molar refractivity (Wildman–Crippen MR) is 83.5 cm³/mol. The van der Waals surface area contributed by atoms with Gasteiger partial charge >= 0.3 is 0 Å². The monoisotopic (exact) mass is 309 g/mol. The Morgan fingerprint density at radius 2 is 1.95 bits per heavy atom. The summed E-state index contributed by atoms with van der Waals surface area (Å²) >= 11 is 6.04. The maximum absolute atomic E-state index is 11.9. The largest absolute Gasteiger partial charge is 0.346 e. The molecule has 1 aliphatic heterocycles. The van der Waals surface area contributed by atoms with E-state index < -0.39 is 0 Å². The Bertz CT molecular complexity index is 507. The smallest absolute Gasteiger partial charge is 0.243 e. The molecule has 0 aliphatic carbocycles. The third-order valence-corrected chi connectivity index (χ3v) is 3.81. The molecule has 1 fully saturated rings. The highest BCUT2D eigenvalue weighted by atomic mass is 35.5. The SMILES string of the molecule is Cc1cccc(Cl)c1NC(=O)CNC(=O)CN1CCCC1. The molecule has 6 heteroatoms. The summed E-state index contributed by atoms with van der Waals surface area (Å²) in [6, 6.07) is 5.41. The molecule has 1 saturated heterocycles. The van der Waals surface area contributed by atoms with Crippen LogP contribution >= 0.6 is 11.6 Å². The number of anilines is 1. The molecule has 2 amide bonds. The number of aryl methyl sites for hydroxylation is 1. The molecule has 0 aromatic heterocycles. The molecule has 1 heterocycles. The van der Waals surface area contributed by atoms with E-state index in [1.165, 1.54) is 0 Å². The fourth-order valence-electron chi connectivity index (χ4n) is 2.35. The highest BCUT2D eigenvalue weighted by Gasteiger charge is 2.15. The second kappa shape index (κ2) is 7.43. The number of hydrogen-bond acceptors (Lipinski definition) is 3. The first kappa shape index (κ1) is 15.8. The first-order chi connectivity index (χ1) is 10.1. The lowest BCUT2D eigenvalue weighted by Crippen LogP contribution is -2.39. The van der Waals surface area contributed by atoms with E-state index in [0.29, 0.717) is 17.3 Å². The van der Waals surface area contributed by atoms with E-state index in [2.05, 4.69) is 15.5 Å². The third kappa shape index (κ3) is 4.72. The Hall–Kier alpha value is -1.59. The van der Waals surface area contributed by atoms with Gasteiger partial charge in [-0.15, -0.1) is 0 Å². The van der Waals surface area contributed by atoms with Crippen LogP contribution < -0.4 is 10.6 Å². The lowest BCUT2D eigenvalue weighted by atomic mass is 10.2. The number of carbonyl (C=O) groups excluding carboxylic acids is 2. The zero-order valence-corrected chi connectivity index (χ0v) is 12.9. The van der Waals surface area contributed by atoms with Crippen molar-refractivity contribution < 1.29 is 9.59 Å². The topological polar surface area (TPSA) is 61.4 Å². The zero-order chi connectivity index (χ0) is 15.2.